The van der Waals surface area contributed by atoms with Gasteiger partial charge < -0.3 is 25.5 Å². The van der Waals surface area contributed by atoms with Crippen LogP contribution in [-0.2, 0) is 0 Å². The van der Waals surface area contributed by atoms with Gasteiger partial charge in [-0.15, -0.1) is 0 Å². The Morgan fingerprint density at radius 1 is 0.848 bits per heavy atom. The molecule has 0 atom stereocenters. The number of piperazine rings is 1. The largest absolute Gasteiger partial charge is 0.384 e. The van der Waals surface area contributed by atoms with Gasteiger partial charge in [0, 0.05) is 61.1 Å². The van der Waals surface area contributed by atoms with Crippen molar-refractivity contribution in [3.8, 4) is 22.6 Å². The third-order valence-electron chi connectivity index (χ3n) is 6.26. The van der Waals surface area contributed by atoms with E-state index in [0.29, 0.717) is 17.2 Å². The zero-order chi connectivity index (χ0) is 22.4. The molecule has 2 aromatic heterocycles. The minimum absolute atomic E-state index is 0.136. The number of imidazole rings is 1. The zero-order valence-electron chi connectivity index (χ0n) is 18.0. The molecule has 6 rings (SSSR count). The molecule has 0 saturated carbocycles. The highest BCUT2D eigenvalue weighted by Crippen LogP contribution is 2.30. The molecule has 3 aliphatic rings. The molecule has 1 aliphatic carbocycles. The number of aromatic amines is 2. The first-order valence-corrected chi connectivity index (χ1v) is 11.0. The van der Waals surface area contributed by atoms with Gasteiger partial charge in [0.05, 0.1) is 16.6 Å². The van der Waals surface area contributed by atoms with E-state index in [1.165, 1.54) is 0 Å². The lowest BCUT2D eigenvalue weighted by atomic mass is 10.1. The minimum atomic E-state index is -0.136. The van der Waals surface area contributed by atoms with E-state index in [1.54, 1.807) is 6.20 Å². The number of hydrogen-bond donors (Lipinski definition) is 3. The first-order valence-electron chi connectivity index (χ1n) is 11.0. The van der Waals surface area contributed by atoms with Crippen molar-refractivity contribution in [1.29, 1.82) is 0 Å². The highest BCUT2D eigenvalue weighted by molar-refractivity contribution is 5.87. The molecule has 164 valence electrons. The summed E-state index contributed by atoms with van der Waals surface area (Å²) in [6.45, 7) is 3.61. The van der Waals surface area contributed by atoms with Gasteiger partial charge in [0.15, 0.2) is 0 Å². The fraction of sp³-hybridized carbons (Fsp3) is 0.160. The van der Waals surface area contributed by atoms with Crippen LogP contribution in [0.5, 0.6) is 0 Å². The van der Waals surface area contributed by atoms with Crippen LogP contribution in [0, 0.1) is 0 Å². The smallest absolute Gasteiger partial charge is 0.260 e. The quantitative estimate of drug-likeness (QED) is 0.400. The van der Waals surface area contributed by atoms with Crippen molar-refractivity contribution in [2.75, 3.05) is 41.7 Å². The van der Waals surface area contributed by atoms with Crippen molar-refractivity contribution in [3.63, 3.8) is 0 Å². The molecular formula is C25H23N7O. The number of nitrogens with zero attached hydrogens (tertiary/aromatic N) is 4. The van der Waals surface area contributed by atoms with Crippen LogP contribution >= 0.6 is 0 Å². The van der Waals surface area contributed by atoms with Crippen LogP contribution in [0.1, 0.15) is 0 Å². The van der Waals surface area contributed by atoms with E-state index < -0.39 is 0 Å². The number of aromatic nitrogens is 4. The van der Waals surface area contributed by atoms with Gasteiger partial charge in [-0.1, -0.05) is 24.3 Å². The van der Waals surface area contributed by atoms with Crippen molar-refractivity contribution in [1.82, 2.24) is 19.9 Å². The van der Waals surface area contributed by atoms with Crippen LogP contribution in [0.15, 0.2) is 71.7 Å². The number of anilines is 3. The van der Waals surface area contributed by atoms with E-state index in [-0.39, 0.29) is 5.56 Å². The number of hydrogen-bond acceptors (Lipinski definition) is 6. The minimum Gasteiger partial charge on any atom is -0.384 e. The molecule has 4 heterocycles. The molecule has 3 aromatic rings. The van der Waals surface area contributed by atoms with Gasteiger partial charge in [0.25, 0.3) is 5.56 Å². The second-order valence-corrected chi connectivity index (χ2v) is 8.27. The first kappa shape index (κ1) is 19.4. The Morgan fingerprint density at radius 3 is 2.39 bits per heavy atom. The second-order valence-electron chi connectivity index (χ2n) is 8.27. The van der Waals surface area contributed by atoms with Crippen molar-refractivity contribution in [2.24, 2.45) is 0 Å². The molecule has 0 unspecified atom stereocenters. The number of rotatable bonds is 3. The highest BCUT2D eigenvalue weighted by Gasteiger charge is 2.21. The molecule has 1 fully saturated rings. The molecule has 1 saturated heterocycles. The van der Waals surface area contributed by atoms with Crippen LogP contribution < -0.4 is 21.1 Å². The van der Waals surface area contributed by atoms with Crippen LogP contribution in [0.3, 0.4) is 0 Å². The van der Waals surface area contributed by atoms with E-state index in [0.717, 1.165) is 59.8 Å². The predicted octanol–water partition coefficient (Wildman–Crippen LogP) is 3.33. The Kier molecular flexibility index (Phi) is 4.50. The van der Waals surface area contributed by atoms with Crippen molar-refractivity contribution in [3.05, 3.63) is 77.2 Å². The number of H-pyrrole nitrogens is 2. The topological polar surface area (TPSA) is 107 Å². The standard InChI is InChI=1S/C25H23N7O/c26-22-15-17(8-9-27-22)32-12-10-31(11-13-32)16-6-7-20-21(14-16)29-24(28-20)23-18-4-2-1-3-5-19(18)30-25(23)33/h1-9,14-15H,10-13H2,(H2,26,27)(H,28,29)(H,30,33). The fourth-order valence-corrected chi connectivity index (χ4v) is 4.59. The van der Waals surface area contributed by atoms with Crippen LogP contribution in [0.2, 0.25) is 0 Å². The predicted molar refractivity (Wildman–Crippen MR) is 132 cm³/mol. The van der Waals surface area contributed by atoms with Gasteiger partial charge in [0.1, 0.15) is 11.6 Å². The zero-order valence-corrected chi connectivity index (χ0v) is 18.0. The average molecular weight is 438 g/mol. The average Bonchev–Trinajstić information content (AvgIpc) is 3.30. The summed E-state index contributed by atoms with van der Waals surface area (Å²) < 4.78 is 0. The maximum atomic E-state index is 12.7. The molecule has 0 bridgehead atoms. The molecule has 8 heteroatoms. The molecule has 33 heavy (non-hydrogen) atoms. The first-order chi connectivity index (χ1) is 16.2. The van der Waals surface area contributed by atoms with Crippen molar-refractivity contribution < 1.29 is 0 Å². The SMILES string of the molecule is Nc1cc(N2CCN(c3ccc4nc(-c5c6cccccc-6[nH]c5=O)[nH]c4c3)CC2)ccn1. The molecule has 0 radical (unpaired) electrons. The Morgan fingerprint density at radius 2 is 1.61 bits per heavy atom. The van der Waals surface area contributed by atoms with Gasteiger partial charge in [-0.25, -0.2) is 9.97 Å². The van der Waals surface area contributed by atoms with E-state index in [2.05, 4.69) is 36.9 Å². The molecular weight excluding hydrogens is 414 g/mol. The van der Waals surface area contributed by atoms with Gasteiger partial charge >= 0.3 is 0 Å². The Balaban J connectivity index is 1.27. The monoisotopic (exact) mass is 437 g/mol. The summed E-state index contributed by atoms with van der Waals surface area (Å²) in [6.07, 6.45) is 1.75. The maximum absolute atomic E-state index is 12.7. The fourth-order valence-electron chi connectivity index (χ4n) is 4.59. The second kappa shape index (κ2) is 7.67. The van der Waals surface area contributed by atoms with E-state index >= 15 is 0 Å². The molecule has 8 nitrogen and oxygen atoms in total. The summed E-state index contributed by atoms with van der Waals surface area (Å²) >= 11 is 0. The van der Waals surface area contributed by atoms with Gasteiger partial charge in [0.2, 0.25) is 0 Å². The molecule has 2 aliphatic heterocycles. The normalized spacial score (nSPS) is 14.3. The van der Waals surface area contributed by atoms with Crippen LogP contribution in [0.4, 0.5) is 17.2 Å². The summed E-state index contributed by atoms with van der Waals surface area (Å²) in [4.78, 5) is 32.5. The van der Waals surface area contributed by atoms with Crippen molar-refractivity contribution in [2.45, 2.75) is 0 Å². The number of nitrogens with one attached hydrogen (secondary N) is 2. The van der Waals surface area contributed by atoms with E-state index in [4.69, 9.17) is 10.7 Å². The van der Waals surface area contributed by atoms with Gasteiger partial charge in [-0.2, -0.15) is 0 Å². The Hall–Kier alpha value is -4.33. The highest BCUT2D eigenvalue weighted by atomic mass is 16.1. The number of fused-ring (bicyclic) bond motifs is 2. The van der Waals surface area contributed by atoms with E-state index in [9.17, 15) is 4.79 Å². The third-order valence-corrected chi connectivity index (χ3v) is 6.26. The lowest BCUT2D eigenvalue weighted by Crippen LogP contribution is -2.46. The lowest BCUT2D eigenvalue weighted by molar-refractivity contribution is 0.653. The van der Waals surface area contributed by atoms with E-state index in [1.807, 2.05) is 48.5 Å². The maximum Gasteiger partial charge on any atom is 0.260 e. The lowest BCUT2D eigenvalue weighted by Gasteiger charge is -2.37. The summed E-state index contributed by atoms with van der Waals surface area (Å²) in [5.41, 5.74) is 11.9. The number of benzene rings is 1. The number of pyridine rings is 1. The molecule has 4 N–H and O–H groups in total. The molecule has 1 aromatic carbocycles. The van der Waals surface area contributed by atoms with Gasteiger partial charge in [-0.3, -0.25) is 4.79 Å². The molecule has 0 amide bonds. The van der Waals surface area contributed by atoms with Gasteiger partial charge in [-0.05, 0) is 30.3 Å². The van der Waals surface area contributed by atoms with Crippen LogP contribution in [0.25, 0.3) is 33.7 Å². The number of nitrogens with two attached hydrogens (primary N) is 1. The molecule has 0 spiro atoms. The van der Waals surface area contributed by atoms with Crippen LogP contribution in [-0.4, -0.2) is 46.1 Å². The summed E-state index contributed by atoms with van der Waals surface area (Å²) in [5.74, 6) is 1.13. The third kappa shape index (κ3) is 3.45. The Bertz CT molecular complexity index is 1480. The summed E-state index contributed by atoms with van der Waals surface area (Å²) in [7, 11) is 0. The van der Waals surface area contributed by atoms with Crippen molar-refractivity contribution >= 4 is 28.2 Å². The Labute approximate surface area is 190 Å². The summed E-state index contributed by atoms with van der Waals surface area (Å²) in [6, 6.07) is 19.8. The number of nitrogen functional groups attached to an aromatic ring is 1. The summed E-state index contributed by atoms with van der Waals surface area (Å²) in [5, 5.41) is 0.